The summed E-state index contributed by atoms with van der Waals surface area (Å²) in [7, 11) is -9.71. The summed E-state index contributed by atoms with van der Waals surface area (Å²) < 4.78 is 69.5. The molecule has 0 aliphatic rings. The highest BCUT2D eigenvalue weighted by Crippen LogP contribution is 2.39. The number of nitriles is 1. The van der Waals surface area contributed by atoms with Gasteiger partial charge in [-0.15, -0.1) is 10.2 Å². The maximum Gasteiger partial charge on any atom is 0.296 e. The minimum Gasteiger partial charge on any atom is -0.382 e. The Kier molecular flexibility index (Phi) is 7.11. The number of anilines is 1. The zero-order valence-electron chi connectivity index (χ0n) is 21.7. The van der Waals surface area contributed by atoms with Crippen LogP contribution in [-0.4, -0.2) is 45.5 Å². The number of benzene rings is 2. The minimum absolute atomic E-state index is 0.0963. The second-order valence-electron chi connectivity index (χ2n) is 9.67. The molecule has 16 heteroatoms. The molecule has 0 saturated carbocycles. The lowest BCUT2D eigenvalue weighted by atomic mass is 9.91. The molecule has 40 heavy (non-hydrogen) atoms. The van der Waals surface area contributed by atoms with Gasteiger partial charge in [0.15, 0.2) is 17.3 Å². The molecule has 208 valence electrons. The van der Waals surface area contributed by atoms with Crippen molar-refractivity contribution in [2.75, 3.05) is 5.73 Å². The maximum atomic E-state index is 12.1. The summed E-state index contributed by atoms with van der Waals surface area (Å²) in [5.41, 5.74) is 6.64. The van der Waals surface area contributed by atoms with Crippen molar-refractivity contribution in [2.45, 2.75) is 42.9 Å². The standard InChI is InChI=1S/C24H24N8O6S2/c1-14-17(13-25)23(32(29-14)18-12-16(39(33,34)35)10-11-19(18)40(36,37)38)28-27-20-21(24(2,3)4)30-31(22(20)26)15-8-6-5-7-9-15/h5-12H,26H2,1-4H3,(H,33,34,35)(H,36,37,38)/b28-27+. The first-order chi connectivity index (χ1) is 18.5. The third-order valence-corrected chi connectivity index (χ3v) is 7.48. The van der Waals surface area contributed by atoms with E-state index in [-0.39, 0.29) is 28.6 Å². The van der Waals surface area contributed by atoms with Crippen LogP contribution in [0.5, 0.6) is 0 Å². The number of nitrogen functional groups attached to an aromatic ring is 1. The summed E-state index contributed by atoms with van der Waals surface area (Å²) in [6.45, 7) is 7.10. The van der Waals surface area contributed by atoms with Gasteiger partial charge in [-0.05, 0) is 37.3 Å². The number of nitrogens with two attached hydrogens (primary N) is 1. The first-order valence-electron chi connectivity index (χ1n) is 11.5. The second kappa shape index (κ2) is 9.95. The van der Waals surface area contributed by atoms with E-state index in [4.69, 9.17) is 5.73 Å². The summed E-state index contributed by atoms with van der Waals surface area (Å²) in [5.74, 6) is -0.155. The summed E-state index contributed by atoms with van der Waals surface area (Å²) in [4.78, 5) is -1.44. The van der Waals surface area contributed by atoms with Gasteiger partial charge in [0.25, 0.3) is 20.2 Å². The van der Waals surface area contributed by atoms with Gasteiger partial charge >= 0.3 is 0 Å². The number of azo groups is 1. The topological polar surface area (TPSA) is 219 Å². The molecule has 14 nitrogen and oxygen atoms in total. The van der Waals surface area contributed by atoms with E-state index >= 15 is 0 Å². The van der Waals surface area contributed by atoms with Crippen molar-refractivity contribution in [2.24, 2.45) is 10.2 Å². The van der Waals surface area contributed by atoms with Gasteiger partial charge in [-0.1, -0.05) is 39.0 Å². The highest BCUT2D eigenvalue weighted by atomic mass is 32.2. The highest BCUT2D eigenvalue weighted by molar-refractivity contribution is 7.86. The van der Waals surface area contributed by atoms with Gasteiger partial charge in [0.1, 0.15) is 16.5 Å². The van der Waals surface area contributed by atoms with E-state index in [9.17, 15) is 31.2 Å². The predicted octanol–water partition coefficient (Wildman–Crippen LogP) is 4.03. The van der Waals surface area contributed by atoms with Crippen LogP contribution in [0.3, 0.4) is 0 Å². The minimum atomic E-state index is -4.92. The number of aromatic nitrogens is 4. The molecular weight excluding hydrogens is 560 g/mol. The Morgan fingerprint density at radius 1 is 0.950 bits per heavy atom. The molecule has 0 amide bonds. The first-order valence-corrected chi connectivity index (χ1v) is 14.4. The zero-order valence-corrected chi connectivity index (χ0v) is 23.3. The fourth-order valence-electron chi connectivity index (χ4n) is 3.84. The van der Waals surface area contributed by atoms with E-state index < -0.39 is 41.1 Å². The molecule has 0 fully saturated rings. The Labute approximate surface area is 229 Å². The van der Waals surface area contributed by atoms with Gasteiger partial charge < -0.3 is 5.73 Å². The molecule has 4 aromatic rings. The molecular formula is C24H24N8O6S2. The predicted molar refractivity (Wildman–Crippen MR) is 143 cm³/mol. The van der Waals surface area contributed by atoms with Crippen LogP contribution < -0.4 is 5.73 Å². The third kappa shape index (κ3) is 5.35. The second-order valence-corrected chi connectivity index (χ2v) is 12.5. The molecule has 2 heterocycles. The van der Waals surface area contributed by atoms with Gasteiger partial charge in [0.2, 0.25) is 0 Å². The van der Waals surface area contributed by atoms with Crippen LogP contribution in [0.25, 0.3) is 11.4 Å². The first kappa shape index (κ1) is 28.6. The smallest absolute Gasteiger partial charge is 0.296 e. The zero-order chi connectivity index (χ0) is 29.6. The van der Waals surface area contributed by atoms with E-state index in [1.165, 1.54) is 11.6 Å². The third-order valence-electron chi connectivity index (χ3n) is 5.73. The van der Waals surface area contributed by atoms with E-state index in [0.717, 1.165) is 22.9 Å². The van der Waals surface area contributed by atoms with Crippen LogP contribution in [0.4, 0.5) is 17.3 Å². The summed E-state index contributed by atoms with van der Waals surface area (Å²) in [6, 6.07) is 13.3. The quantitative estimate of drug-likeness (QED) is 0.218. The van der Waals surface area contributed by atoms with Crippen LogP contribution in [0.2, 0.25) is 0 Å². The Morgan fingerprint density at radius 2 is 1.60 bits per heavy atom. The van der Waals surface area contributed by atoms with Crippen LogP contribution >= 0.6 is 0 Å². The van der Waals surface area contributed by atoms with Crippen molar-refractivity contribution < 1.29 is 25.9 Å². The van der Waals surface area contributed by atoms with Crippen LogP contribution in [-0.2, 0) is 25.7 Å². The molecule has 0 bridgehead atoms. The molecule has 2 aromatic carbocycles. The fraction of sp³-hybridized carbons (Fsp3) is 0.208. The summed E-state index contributed by atoms with van der Waals surface area (Å²) >= 11 is 0. The lowest BCUT2D eigenvalue weighted by Crippen LogP contribution is -2.13. The number of hydrogen-bond donors (Lipinski definition) is 3. The fourth-order valence-corrected chi connectivity index (χ4v) is 4.99. The van der Waals surface area contributed by atoms with Crippen molar-refractivity contribution in [1.82, 2.24) is 19.6 Å². The average Bonchev–Trinajstić information content (AvgIpc) is 3.37. The van der Waals surface area contributed by atoms with Crippen LogP contribution in [0.15, 0.2) is 68.6 Å². The number of nitrogens with zero attached hydrogens (tertiary/aromatic N) is 7. The van der Waals surface area contributed by atoms with Crippen molar-refractivity contribution in [3.8, 4) is 17.4 Å². The van der Waals surface area contributed by atoms with Gasteiger partial charge in [-0.2, -0.15) is 32.3 Å². The number of rotatable bonds is 6. The summed E-state index contributed by atoms with van der Waals surface area (Å²) in [5, 5.41) is 27.0. The molecule has 4 N–H and O–H groups in total. The van der Waals surface area contributed by atoms with Crippen molar-refractivity contribution in [3.05, 3.63) is 65.5 Å². The van der Waals surface area contributed by atoms with Crippen LogP contribution in [0, 0.1) is 18.3 Å². The van der Waals surface area contributed by atoms with Crippen molar-refractivity contribution in [1.29, 1.82) is 5.26 Å². The SMILES string of the molecule is Cc1nn(-c2cc(S(=O)(=O)O)ccc2S(=O)(=O)O)c(/N=N/c2c(C(C)(C)C)nn(-c3ccccc3)c2N)c1C#N. The molecule has 2 aromatic heterocycles. The number of aryl methyl sites for hydroxylation is 1. The molecule has 0 radical (unpaired) electrons. The molecule has 0 spiro atoms. The molecule has 0 atom stereocenters. The van der Waals surface area contributed by atoms with E-state index in [1.54, 1.807) is 12.1 Å². The Morgan fingerprint density at radius 3 is 2.15 bits per heavy atom. The Balaban J connectivity index is 2.00. The Bertz CT molecular complexity index is 1910. The molecule has 0 unspecified atom stereocenters. The maximum absolute atomic E-state index is 12.1. The van der Waals surface area contributed by atoms with E-state index in [1.807, 2.05) is 45.0 Å². The van der Waals surface area contributed by atoms with E-state index in [0.29, 0.717) is 11.4 Å². The lowest BCUT2D eigenvalue weighted by Gasteiger charge is -2.15. The summed E-state index contributed by atoms with van der Waals surface area (Å²) in [6.07, 6.45) is 0. The highest BCUT2D eigenvalue weighted by Gasteiger charge is 2.28. The van der Waals surface area contributed by atoms with Gasteiger partial charge in [0.05, 0.1) is 27.7 Å². The largest absolute Gasteiger partial charge is 0.382 e. The monoisotopic (exact) mass is 584 g/mol. The van der Waals surface area contributed by atoms with Crippen LogP contribution in [0.1, 0.15) is 37.7 Å². The molecule has 0 aliphatic carbocycles. The number of hydrogen-bond acceptors (Lipinski definition) is 10. The van der Waals surface area contributed by atoms with Crippen molar-refractivity contribution in [3.63, 3.8) is 0 Å². The van der Waals surface area contributed by atoms with Gasteiger partial charge in [-0.25, -0.2) is 9.36 Å². The molecule has 4 rings (SSSR count). The molecule has 0 saturated heterocycles. The average molecular weight is 585 g/mol. The number of para-hydroxylation sites is 1. The van der Waals surface area contributed by atoms with E-state index in [2.05, 4.69) is 20.4 Å². The normalized spacial score (nSPS) is 12.6. The van der Waals surface area contributed by atoms with Gasteiger partial charge in [0, 0.05) is 5.41 Å². The van der Waals surface area contributed by atoms with Crippen molar-refractivity contribution >= 4 is 37.6 Å². The lowest BCUT2D eigenvalue weighted by molar-refractivity contribution is 0.477. The van der Waals surface area contributed by atoms with Gasteiger partial charge in [-0.3, -0.25) is 9.11 Å². The Hall–Kier alpha value is -4.43. The molecule has 0 aliphatic heterocycles.